The van der Waals surface area contributed by atoms with Crippen molar-refractivity contribution < 1.29 is 37.6 Å². The fourth-order valence-corrected chi connectivity index (χ4v) is 6.64. The van der Waals surface area contributed by atoms with E-state index in [9.17, 15) is 19.0 Å². The van der Waals surface area contributed by atoms with Gasteiger partial charge in [0, 0.05) is 19.4 Å². The second-order valence-electron chi connectivity index (χ2n) is 14.6. The fraction of sp³-hybridized carbons (Fsp3) is 0.778. The molecule has 0 amide bonds. The van der Waals surface area contributed by atoms with E-state index >= 15 is 0 Å². The van der Waals surface area contributed by atoms with Gasteiger partial charge in [-0.15, -0.1) is 0 Å². The standard InChI is InChI=1S/C45H82NO8P/c1-3-5-7-9-11-13-15-17-19-20-21-22-24-26-28-30-32-34-36-38-45(48)54-43(42-53-55(49,50)52-40-39-46)41-51-44(47)37-35-33-31-29-27-25-23-18-16-14-12-10-8-6-4-2/h11-14,17-19,23,43H,3-10,15-16,20-22,24-42,46H2,1-2H3,(H,49,50)/b13-11+,14-12+,19-17+,23-18+/t43-/m1/s1. The first kappa shape index (κ1) is 53.0. The lowest BCUT2D eigenvalue weighted by molar-refractivity contribution is -0.161. The Morgan fingerprint density at radius 3 is 1.38 bits per heavy atom. The number of esters is 2. The summed E-state index contributed by atoms with van der Waals surface area (Å²) in [5, 5.41) is 0. The molecule has 9 nitrogen and oxygen atoms in total. The number of hydrogen-bond acceptors (Lipinski definition) is 8. The quantitative estimate of drug-likeness (QED) is 0.0268. The van der Waals surface area contributed by atoms with Crippen molar-refractivity contribution in [1.29, 1.82) is 0 Å². The van der Waals surface area contributed by atoms with Crippen molar-refractivity contribution in [2.75, 3.05) is 26.4 Å². The van der Waals surface area contributed by atoms with Gasteiger partial charge in [-0.05, 0) is 77.0 Å². The highest BCUT2D eigenvalue weighted by Crippen LogP contribution is 2.43. The minimum atomic E-state index is -4.38. The number of carbonyl (C=O) groups is 2. The van der Waals surface area contributed by atoms with Gasteiger partial charge >= 0.3 is 19.8 Å². The van der Waals surface area contributed by atoms with Gasteiger partial charge in [0.2, 0.25) is 0 Å². The number of hydrogen-bond donors (Lipinski definition) is 2. The van der Waals surface area contributed by atoms with Gasteiger partial charge in [0.25, 0.3) is 0 Å². The Morgan fingerprint density at radius 2 is 0.945 bits per heavy atom. The number of unbranched alkanes of at least 4 members (excludes halogenated alkanes) is 20. The van der Waals surface area contributed by atoms with Crippen LogP contribution < -0.4 is 5.73 Å². The van der Waals surface area contributed by atoms with Crippen LogP contribution in [0.25, 0.3) is 0 Å². The smallest absolute Gasteiger partial charge is 0.462 e. The highest BCUT2D eigenvalue weighted by molar-refractivity contribution is 7.47. The molecule has 0 rings (SSSR count). The third-order valence-corrected chi connectivity index (χ3v) is 10.2. The number of phosphoric ester groups is 1. The van der Waals surface area contributed by atoms with E-state index in [1.165, 1.54) is 83.5 Å². The van der Waals surface area contributed by atoms with E-state index in [4.69, 9.17) is 24.3 Å². The Morgan fingerprint density at radius 1 is 0.545 bits per heavy atom. The summed E-state index contributed by atoms with van der Waals surface area (Å²) in [6.07, 6.45) is 47.0. The summed E-state index contributed by atoms with van der Waals surface area (Å²) in [5.74, 6) is -0.849. The van der Waals surface area contributed by atoms with Crippen molar-refractivity contribution in [3.63, 3.8) is 0 Å². The molecular formula is C45H82NO8P. The first-order valence-electron chi connectivity index (χ1n) is 22.1. The fourth-order valence-electron chi connectivity index (χ4n) is 5.87. The summed E-state index contributed by atoms with van der Waals surface area (Å²) >= 11 is 0. The summed E-state index contributed by atoms with van der Waals surface area (Å²) < 4.78 is 32.8. The van der Waals surface area contributed by atoms with Gasteiger partial charge in [0.15, 0.2) is 6.10 Å². The zero-order valence-electron chi connectivity index (χ0n) is 35.2. The Hall–Kier alpha value is -2.03. The van der Waals surface area contributed by atoms with E-state index in [-0.39, 0.29) is 32.6 Å². The van der Waals surface area contributed by atoms with E-state index in [0.29, 0.717) is 12.8 Å². The van der Waals surface area contributed by atoms with Crippen molar-refractivity contribution >= 4 is 19.8 Å². The zero-order chi connectivity index (χ0) is 40.3. The number of allylic oxidation sites excluding steroid dienone is 8. The maximum Gasteiger partial charge on any atom is 0.472 e. The Labute approximate surface area is 336 Å². The number of nitrogens with two attached hydrogens (primary N) is 1. The molecule has 2 atom stereocenters. The number of rotatable bonds is 41. The summed E-state index contributed by atoms with van der Waals surface area (Å²) in [6.45, 7) is 3.66. The normalized spacial score (nSPS) is 13.7. The minimum absolute atomic E-state index is 0.0493. The van der Waals surface area contributed by atoms with Crippen LogP contribution in [0.3, 0.4) is 0 Å². The van der Waals surface area contributed by atoms with Crippen LogP contribution in [0.4, 0.5) is 0 Å². The Bertz CT molecular complexity index is 1040. The molecule has 0 aliphatic carbocycles. The van der Waals surface area contributed by atoms with Gasteiger partial charge in [-0.1, -0.05) is 152 Å². The molecule has 0 aromatic heterocycles. The monoisotopic (exact) mass is 796 g/mol. The maximum atomic E-state index is 12.6. The van der Waals surface area contributed by atoms with Gasteiger partial charge in [-0.2, -0.15) is 0 Å². The first-order valence-corrected chi connectivity index (χ1v) is 23.6. The molecular weight excluding hydrogens is 713 g/mol. The maximum absolute atomic E-state index is 12.6. The van der Waals surface area contributed by atoms with Gasteiger partial charge in [0.1, 0.15) is 6.61 Å². The van der Waals surface area contributed by atoms with E-state index in [1.54, 1.807) is 0 Å². The number of carbonyl (C=O) groups excluding carboxylic acids is 2. The lowest BCUT2D eigenvalue weighted by atomic mass is 10.1. The molecule has 0 fully saturated rings. The van der Waals surface area contributed by atoms with E-state index < -0.39 is 32.5 Å². The van der Waals surface area contributed by atoms with E-state index in [1.807, 2.05) is 0 Å². The second-order valence-corrected chi connectivity index (χ2v) is 16.0. The molecule has 3 N–H and O–H groups in total. The predicted molar refractivity (Wildman–Crippen MR) is 229 cm³/mol. The molecule has 0 aromatic rings. The first-order chi connectivity index (χ1) is 26.8. The molecule has 10 heteroatoms. The Kier molecular flexibility index (Phi) is 40.1. The van der Waals surface area contributed by atoms with Crippen molar-refractivity contribution in [1.82, 2.24) is 0 Å². The third-order valence-electron chi connectivity index (χ3n) is 9.19. The van der Waals surface area contributed by atoms with Gasteiger partial charge in [-0.25, -0.2) is 4.57 Å². The van der Waals surface area contributed by atoms with E-state index in [2.05, 4.69) is 62.5 Å². The van der Waals surface area contributed by atoms with Gasteiger partial charge in [0.05, 0.1) is 13.2 Å². The SMILES string of the molecule is CCCCC/C=C/C/C=C/CCCCCCCCCCCC(=O)O[C@H](COC(=O)CCCCCCC/C=C/C/C=C/CCCCC)COP(=O)(O)OCCN. The minimum Gasteiger partial charge on any atom is -0.462 e. The topological polar surface area (TPSA) is 134 Å². The molecule has 0 spiro atoms. The van der Waals surface area contributed by atoms with Crippen molar-refractivity contribution in [3.8, 4) is 0 Å². The van der Waals surface area contributed by atoms with Gasteiger partial charge in [-0.3, -0.25) is 18.6 Å². The molecule has 1 unspecified atom stereocenters. The van der Waals surface area contributed by atoms with Crippen LogP contribution in [0.2, 0.25) is 0 Å². The summed E-state index contributed by atoms with van der Waals surface area (Å²) in [7, 11) is -4.38. The molecule has 0 heterocycles. The average molecular weight is 796 g/mol. The van der Waals surface area contributed by atoms with Crippen LogP contribution in [0.15, 0.2) is 48.6 Å². The van der Waals surface area contributed by atoms with Crippen LogP contribution in [0.5, 0.6) is 0 Å². The molecule has 0 aromatic carbocycles. The number of ether oxygens (including phenoxy) is 2. The summed E-state index contributed by atoms with van der Waals surface area (Å²) in [6, 6.07) is 0. The lowest BCUT2D eigenvalue weighted by Gasteiger charge is -2.19. The molecule has 0 saturated carbocycles. The van der Waals surface area contributed by atoms with Gasteiger partial charge < -0.3 is 20.1 Å². The predicted octanol–water partition coefficient (Wildman–Crippen LogP) is 12.7. The molecule has 55 heavy (non-hydrogen) atoms. The number of phosphoric acid groups is 1. The lowest BCUT2D eigenvalue weighted by Crippen LogP contribution is -2.29. The average Bonchev–Trinajstić information content (AvgIpc) is 3.17. The zero-order valence-corrected chi connectivity index (χ0v) is 36.0. The molecule has 0 saturated heterocycles. The third kappa shape index (κ3) is 41.4. The van der Waals surface area contributed by atoms with Crippen molar-refractivity contribution in [3.05, 3.63) is 48.6 Å². The molecule has 0 bridgehead atoms. The van der Waals surface area contributed by atoms with Crippen LogP contribution in [-0.4, -0.2) is 49.3 Å². The van der Waals surface area contributed by atoms with Crippen LogP contribution in [0.1, 0.15) is 194 Å². The van der Waals surface area contributed by atoms with Crippen molar-refractivity contribution in [2.24, 2.45) is 5.73 Å². The summed E-state index contributed by atoms with van der Waals surface area (Å²) in [5.41, 5.74) is 5.35. The van der Waals surface area contributed by atoms with Crippen LogP contribution in [-0.2, 0) is 32.7 Å². The summed E-state index contributed by atoms with van der Waals surface area (Å²) in [4.78, 5) is 34.9. The molecule has 0 aliphatic heterocycles. The molecule has 320 valence electrons. The van der Waals surface area contributed by atoms with Crippen LogP contribution >= 0.6 is 7.82 Å². The van der Waals surface area contributed by atoms with E-state index in [0.717, 1.165) is 70.6 Å². The molecule has 0 radical (unpaired) electrons. The highest BCUT2D eigenvalue weighted by Gasteiger charge is 2.26. The van der Waals surface area contributed by atoms with Crippen molar-refractivity contribution in [2.45, 2.75) is 200 Å². The largest absolute Gasteiger partial charge is 0.472 e. The second kappa shape index (κ2) is 41.6. The Balaban J connectivity index is 4.16. The highest BCUT2D eigenvalue weighted by atomic mass is 31.2. The molecule has 0 aliphatic rings. The van der Waals surface area contributed by atoms with Crippen LogP contribution in [0, 0.1) is 0 Å².